The highest BCUT2D eigenvalue weighted by Gasteiger charge is 2.35. The number of sulfonamides is 1. The molecule has 0 radical (unpaired) electrons. The fraction of sp³-hybridized carbons (Fsp3) is 0.435. The Labute approximate surface area is 203 Å². The average molecular weight is 505 g/mol. The third-order valence-corrected chi connectivity index (χ3v) is 8.91. The number of hydrogen-bond donors (Lipinski definition) is 1. The van der Waals surface area contributed by atoms with E-state index in [4.69, 9.17) is 9.26 Å². The number of rotatable bonds is 7. The van der Waals surface area contributed by atoms with Gasteiger partial charge in [-0.1, -0.05) is 25.1 Å². The van der Waals surface area contributed by atoms with Crippen molar-refractivity contribution in [1.82, 2.24) is 14.4 Å². The van der Waals surface area contributed by atoms with Gasteiger partial charge in [0.15, 0.2) is 0 Å². The Morgan fingerprint density at radius 2 is 2.12 bits per heavy atom. The van der Waals surface area contributed by atoms with Crippen molar-refractivity contribution in [3.8, 4) is 16.5 Å². The lowest BCUT2D eigenvalue weighted by atomic mass is 9.98. The van der Waals surface area contributed by atoms with Gasteiger partial charge in [0.05, 0.1) is 22.8 Å². The highest BCUT2D eigenvalue weighted by Crippen LogP contribution is 2.35. The summed E-state index contributed by atoms with van der Waals surface area (Å²) >= 11 is 1.31. The van der Waals surface area contributed by atoms with E-state index in [-0.39, 0.29) is 23.3 Å². The predicted octanol–water partition coefficient (Wildman–Crippen LogP) is 4.28. The molecule has 1 amide bonds. The van der Waals surface area contributed by atoms with E-state index < -0.39 is 15.9 Å². The Bertz CT molecular complexity index is 1280. The van der Waals surface area contributed by atoms with Crippen molar-refractivity contribution < 1.29 is 22.5 Å². The van der Waals surface area contributed by atoms with E-state index >= 15 is 0 Å². The summed E-state index contributed by atoms with van der Waals surface area (Å²) in [7, 11) is -2.22. The molecule has 1 saturated heterocycles. The van der Waals surface area contributed by atoms with Crippen LogP contribution in [-0.2, 0) is 14.8 Å². The van der Waals surface area contributed by atoms with E-state index in [0.717, 1.165) is 0 Å². The Morgan fingerprint density at radius 1 is 1.32 bits per heavy atom. The number of nitrogens with zero attached hydrogens (tertiary/aromatic N) is 3. The zero-order valence-electron chi connectivity index (χ0n) is 19.6. The Morgan fingerprint density at radius 3 is 2.82 bits per heavy atom. The van der Waals surface area contributed by atoms with E-state index in [0.29, 0.717) is 52.3 Å². The maximum Gasteiger partial charge on any atom is 0.244 e. The summed E-state index contributed by atoms with van der Waals surface area (Å²) in [4.78, 5) is 18.8. The van der Waals surface area contributed by atoms with Crippen molar-refractivity contribution >= 4 is 33.0 Å². The lowest BCUT2D eigenvalue weighted by molar-refractivity contribution is -0.120. The zero-order valence-corrected chi connectivity index (χ0v) is 21.2. The van der Waals surface area contributed by atoms with E-state index in [1.54, 1.807) is 44.4 Å². The van der Waals surface area contributed by atoms with Gasteiger partial charge in [0.25, 0.3) is 0 Å². The van der Waals surface area contributed by atoms with Gasteiger partial charge in [-0.05, 0) is 38.0 Å². The molecule has 182 valence electrons. The fourth-order valence-corrected chi connectivity index (χ4v) is 6.87. The molecule has 0 aliphatic carbocycles. The highest BCUT2D eigenvalue weighted by molar-refractivity contribution is 7.89. The van der Waals surface area contributed by atoms with Gasteiger partial charge < -0.3 is 14.6 Å². The average Bonchev–Trinajstić information content (AvgIpc) is 3.47. The van der Waals surface area contributed by atoms with Crippen LogP contribution >= 0.6 is 11.3 Å². The van der Waals surface area contributed by atoms with Gasteiger partial charge in [0, 0.05) is 35.6 Å². The summed E-state index contributed by atoms with van der Waals surface area (Å²) in [6.07, 6.45) is 1.23. The molecule has 1 aromatic carbocycles. The van der Waals surface area contributed by atoms with Crippen LogP contribution in [0.5, 0.6) is 5.75 Å². The summed E-state index contributed by atoms with van der Waals surface area (Å²) in [6, 6.07) is 8.69. The first-order valence-electron chi connectivity index (χ1n) is 11.1. The zero-order chi connectivity index (χ0) is 24.5. The van der Waals surface area contributed by atoms with Crippen LogP contribution in [-0.4, -0.2) is 49.0 Å². The number of aryl methyl sites for hydroxylation is 1. The van der Waals surface area contributed by atoms with Crippen LogP contribution < -0.4 is 10.1 Å². The number of hydrogen-bond acceptors (Lipinski definition) is 8. The number of piperidine rings is 1. The van der Waals surface area contributed by atoms with Crippen LogP contribution in [0.15, 0.2) is 39.8 Å². The maximum absolute atomic E-state index is 13.5. The molecule has 0 unspecified atom stereocenters. The van der Waals surface area contributed by atoms with Crippen LogP contribution in [0.3, 0.4) is 0 Å². The number of methoxy groups -OCH3 is 1. The van der Waals surface area contributed by atoms with Crippen molar-refractivity contribution in [2.75, 3.05) is 25.5 Å². The first-order chi connectivity index (χ1) is 16.2. The van der Waals surface area contributed by atoms with Gasteiger partial charge in [-0.15, -0.1) is 11.3 Å². The minimum Gasteiger partial charge on any atom is -0.497 e. The SMILES string of the molecule is COc1cccc(NC(=O)[C@H]2CCCN(S(=O)(=O)c3cc(-c4noc(C(C)C)n4)sc3C)C2)c1. The van der Waals surface area contributed by atoms with Crippen LogP contribution in [0.4, 0.5) is 5.69 Å². The summed E-state index contributed by atoms with van der Waals surface area (Å²) < 4.78 is 38.9. The number of benzene rings is 1. The minimum absolute atomic E-state index is 0.0823. The molecule has 0 spiro atoms. The fourth-order valence-electron chi connectivity index (χ4n) is 3.86. The lowest BCUT2D eigenvalue weighted by Crippen LogP contribution is -2.43. The topological polar surface area (TPSA) is 115 Å². The van der Waals surface area contributed by atoms with Gasteiger partial charge in [-0.25, -0.2) is 8.42 Å². The van der Waals surface area contributed by atoms with Crippen molar-refractivity contribution in [1.29, 1.82) is 0 Å². The summed E-state index contributed by atoms with van der Waals surface area (Å²) in [6.45, 7) is 6.16. The number of nitrogens with one attached hydrogen (secondary N) is 1. The molecule has 0 bridgehead atoms. The van der Waals surface area contributed by atoms with Gasteiger partial charge in [0.1, 0.15) is 5.75 Å². The van der Waals surface area contributed by atoms with Crippen LogP contribution in [0.1, 0.15) is 43.4 Å². The number of amides is 1. The first kappa shape index (κ1) is 24.4. The quantitative estimate of drug-likeness (QED) is 0.511. The minimum atomic E-state index is -3.78. The third-order valence-electron chi connectivity index (χ3n) is 5.74. The standard InChI is InChI=1S/C23H28N4O5S2/c1-14(2)23-25-21(26-32-23)19-12-20(15(3)33-19)34(29,30)27-10-6-7-16(13-27)22(28)24-17-8-5-9-18(11-17)31-4/h5,8-9,11-12,14,16H,6-7,10,13H2,1-4H3,(H,24,28)/t16-/m0/s1. The van der Waals surface area contributed by atoms with Gasteiger partial charge in [-0.3, -0.25) is 4.79 Å². The van der Waals surface area contributed by atoms with Gasteiger partial charge in [-0.2, -0.15) is 9.29 Å². The third kappa shape index (κ3) is 5.01. The molecule has 0 saturated carbocycles. The van der Waals surface area contributed by atoms with Crippen molar-refractivity contribution in [3.05, 3.63) is 41.1 Å². The molecule has 34 heavy (non-hydrogen) atoms. The number of carbonyl (C=O) groups is 1. The van der Waals surface area contributed by atoms with E-state index in [2.05, 4.69) is 15.5 Å². The van der Waals surface area contributed by atoms with Crippen LogP contribution in [0.25, 0.3) is 10.7 Å². The monoisotopic (exact) mass is 504 g/mol. The molecule has 1 fully saturated rings. The summed E-state index contributed by atoms with van der Waals surface area (Å²) in [5, 5.41) is 6.88. The highest BCUT2D eigenvalue weighted by atomic mass is 32.2. The Hall–Kier alpha value is -2.76. The van der Waals surface area contributed by atoms with Gasteiger partial charge in [0.2, 0.25) is 27.6 Å². The van der Waals surface area contributed by atoms with E-state index in [9.17, 15) is 13.2 Å². The summed E-state index contributed by atoms with van der Waals surface area (Å²) in [5.74, 6) is 0.956. The second kappa shape index (κ2) is 9.85. The number of aromatic nitrogens is 2. The van der Waals surface area contributed by atoms with Crippen LogP contribution in [0, 0.1) is 12.8 Å². The molecule has 4 rings (SSSR count). The number of thiophene rings is 1. The first-order valence-corrected chi connectivity index (χ1v) is 13.3. The van der Waals surface area contributed by atoms with Gasteiger partial charge >= 0.3 is 0 Å². The molecule has 1 aliphatic rings. The Balaban J connectivity index is 1.51. The predicted molar refractivity (Wildman–Crippen MR) is 130 cm³/mol. The normalized spacial score (nSPS) is 17.1. The molecular weight excluding hydrogens is 476 g/mol. The van der Waals surface area contributed by atoms with Crippen molar-refractivity contribution in [2.45, 2.75) is 44.4 Å². The molecular formula is C23H28N4O5S2. The number of ether oxygens (including phenoxy) is 1. The number of anilines is 1. The van der Waals surface area contributed by atoms with Crippen LogP contribution in [0.2, 0.25) is 0 Å². The lowest BCUT2D eigenvalue weighted by Gasteiger charge is -2.31. The largest absolute Gasteiger partial charge is 0.497 e. The number of carbonyl (C=O) groups excluding carboxylic acids is 1. The molecule has 1 aliphatic heterocycles. The molecule has 3 heterocycles. The molecule has 9 nitrogen and oxygen atoms in total. The molecule has 11 heteroatoms. The summed E-state index contributed by atoms with van der Waals surface area (Å²) in [5.41, 5.74) is 0.614. The smallest absolute Gasteiger partial charge is 0.244 e. The molecule has 1 N–H and O–H groups in total. The second-order valence-corrected chi connectivity index (χ2v) is 11.7. The second-order valence-electron chi connectivity index (χ2n) is 8.57. The van der Waals surface area contributed by atoms with Crippen molar-refractivity contribution in [2.24, 2.45) is 5.92 Å². The maximum atomic E-state index is 13.5. The molecule has 1 atom stereocenters. The van der Waals surface area contributed by atoms with E-state index in [1.165, 1.54) is 15.6 Å². The van der Waals surface area contributed by atoms with Crippen molar-refractivity contribution in [3.63, 3.8) is 0 Å². The Kier molecular flexibility index (Phi) is 7.06. The molecule has 3 aromatic rings. The molecule has 2 aromatic heterocycles. The van der Waals surface area contributed by atoms with E-state index in [1.807, 2.05) is 13.8 Å².